The molecule has 6 aromatic rings. The van der Waals surface area contributed by atoms with Crippen LogP contribution in [0.15, 0.2) is 148 Å². The molecular weight excluding hydrogens is 1120 g/mol. The molecule has 0 heterocycles. The van der Waals surface area contributed by atoms with Gasteiger partial charge in [-0.1, -0.05) is 65.3 Å². The van der Waals surface area contributed by atoms with Gasteiger partial charge in [0.15, 0.2) is 0 Å². The average molecular weight is 1160 g/mol. The van der Waals surface area contributed by atoms with E-state index in [9.17, 15) is 25.9 Å². The molecule has 11 N–H and O–H groups in total. The first-order chi connectivity index (χ1) is 27.6. The maximum Gasteiger partial charge on any atom is 0.295 e. The summed E-state index contributed by atoms with van der Waals surface area (Å²) in [5.41, 5.74) is 28.0. The smallest absolute Gasteiger partial charge is 0.295 e. The molecule has 312 valence electrons. The average Bonchev–Trinajstić information content (AvgIpc) is 3.17. The van der Waals surface area contributed by atoms with E-state index in [4.69, 9.17) is 46.1 Å². The van der Waals surface area contributed by atoms with Crippen molar-refractivity contribution in [2.24, 2.45) is 0 Å². The molecule has 0 amide bonds. The lowest BCUT2D eigenvalue weighted by atomic mass is 10.0. The van der Waals surface area contributed by atoms with Gasteiger partial charge in [-0.3, -0.25) is 13.0 Å². The van der Waals surface area contributed by atoms with Crippen molar-refractivity contribution in [3.05, 3.63) is 150 Å². The van der Waals surface area contributed by atoms with Gasteiger partial charge in [0.1, 0.15) is 9.79 Å². The zero-order valence-electron chi connectivity index (χ0n) is 30.2. The highest BCUT2D eigenvalue weighted by molar-refractivity contribution is 9.14. The molecule has 0 unspecified atom stereocenters. The van der Waals surface area contributed by atoms with E-state index in [0.29, 0.717) is 28.1 Å². The number of rotatable bonds is 10. The van der Waals surface area contributed by atoms with E-state index in [0.717, 1.165) is 66.2 Å². The Morgan fingerprint density at radius 3 is 1.54 bits per heavy atom. The van der Waals surface area contributed by atoms with Gasteiger partial charge in [0.25, 0.3) is 20.2 Å². The first-order valence-corrected chi connectivity index (χ1v) is 24.0. The molecule has 0 fully saturated rings. The number of anilines is 6. The zero-order valence-corrected chi connectivity index (χ0v) is 40.5. The molecule has 0 radical (unpaired) electrons. The second-order valence-corrected chi connectivity index (χ2v) is 20.1. The molecule has 21 heteroatoms. The number of nitrogen functional groups attached to an aromatic ring is 4. The fourth-order valence-corrected chi connectivity index (χ4v) is 10.3. The van der Waals surface area contributed by atoms with Gasteiger partial charge in [-0.15, -0.1) is 0 Å². The molecule has 0 saturated heterocycles. The lowest BCUT2D eigenvalue weighted by Crippen LogP contribution is -2.19. The van der Waals surface area contributed by atoms with Crippen molar-refractivity contribution in [3.8, 4) is 0 Å². The van der Waals surface area contributed by atoms with Gasteiger partial charge in [-0.25, -0.2) is 0 Å². The van der Waals surface area contributed by atoms with E-state index in [1.807, 2.05) is 70.7 Å². The first-order valence-electron chi connectivity index (χ1n) is 16.5. The van der Waals surface area contributed by atoms with Crippen LogP contribution < -0.4 is 32.2 Å². The van der Waals surface area contributed by atoms with Gasteiger partial charge in [-0.05, 0) is 150 Å². The number of benzene rings is 6. The molecule has 12 nitrogen and oxygen atoms in total. The fraction of sp³-hybridized carbons (Fsp3) is 0.0526. The summed E-state index contributed by atoms with van der Waals surface area (Å²) in [6, 6.07) is 32.8. The molecule has 0 spiro atoms. The minimum absolute atomic E-state index is 0.0383. The van der Waals surface area contributed by atoms with Crippen LogP contribution in [0.25, 0.3) is 0 Å². The molecule has 59 heavy (non-hydrogen) atoms. The van der Waals surface area contributed by atoms with Crippen LogP contribution in [0, 0.1) is 0 Å². The number of hydrogen-bond donors (Lipinski definition) is 7. The number of para-hydroxylation sites is 1. The van der Waals surface area contributed by atoms with Crippen LogP contribution in [0.5, 0.6) is 0 Å². The largest absolute Gasteiger partial charge is 0.399 e. The van der Waals surface area contributed by atoms with Crippen molar-refractivity contribution in [2.45, 2.75) is 26.0 Å². The minimum atomic E-state index is -4.57. The van der Waals surface area contributed by atoms with Gasteiger partial charge in [0.2, 0.25) is 0 Å². The van der Waals surface area contributed by atoms with Crippen LogP contribution in [0.2, 0.25) is 10.0 Å². The summed E-state index contributed by atoms with van der Waals surface area (Å²) in [4.78, 5) is -0.867. The van der Waals surface area contributed by atoms with Gasteiger partial charge in [0, 0.05) is 35.8 Å². The van der Waals surface area contributed by atoms with Crippen molar-refractivity contribution >= 4 is 153 Å². The van der Waals surface area contributed by atoms with Crippen LogP contribution in [0.3, 0.4) is 0 Å². The topological polar surface area (TPSA) is 228 Å². The van der Waals surface area contributed by atoms with E-state index in [-0.39, 0.29) is 21.2 Å². The van der Waals surface area contributed by atoms with Gasteiger partial charge in [-0.2, -0.15) is 16.8 Å². The van der Waals surface area contributed by atoms with Crippen molar-refractivity contribution < 1.29 is 25.9 Å². The molecule has 0 bridgehead atoms. The molecule has 0 aliphatic carbocycles. The zero-order chi connectivity index (χ0) is 43.7. The van der Waals surface area contributed by atoms with Crippen LogP contribution in [-0.4, -0.2) is 32.6 Å². The highest BCUT2D eigenvalue weighted by Gasteiger charge is 2.21. The van der Waals surface area contributed by atoms with Crippen molar-refractivity contribution in [1.29, 1.82) is 0 Å². The third-order valence-electron chi connectivity index (χ3n) is 7.72. The summed E-state index contributed by atoms with van der Waals surface area (Å²) in [5, 5.41) is 4.48. The molecular formula is C38H34Br4Cl2N6O6S3. The third-order valence-corrected chi connectivity index (χ3v) is 15.6. The summed E-state index contributed by atoms with van der Waals surface area (Å²) in [6.45, 7) is 0.649. The monoisotopic (exact) mass is 1150 g/mol. The van der Waals surface area contributed by atoms with E-state index >= 15 is 0 Å². The molecule has 0 atom stereocenters. The van der Waals surface area contributed by atoms with Gasteiger partial charge >= 0.3 is 0 Å². The number of nitrogens with one attached hydrogen (secondary N) is 1. The highest BCUT2D eigenvalue weighted by Crippen LogP contribution is 2.40. The van der Waals surface area contributed by atoms with Gasteiger partial charge in [0.05, 0.1) is 54.4 Å². The summed E-state index contributed by atoms with van der Waals surface area (Å²) in [6.07, 6.45) is 0.750. The predicted molar refractivity (Wildman–Crippen MR) is 256 cm³/mol. The second kappa shape index (κ2) is 21.5. The van der Waals surface area contributed by atoms with Crippen LogP contribution in [0.1, 0.15) is 11.1 Å². The normalized spacial score (nSPS) is 11.1. The van der Waals surface area contributed by atoms with Crippen LogP contribution in [-0.2, 0) is 26.7 Å². The van der Waals surface area contributed by atoms with Gasteiger partial charge < -0.3 is 28.3 Å². The Balaban J connectivity index is 0.000000198. The van der Waals surface area contributed by atoms with E-state index in [1.54, 1.807) is 12.1 Å². The number of halogens is 6. The van der Waals surface area contributed by atoms with E-state index in [1.165, 1.54) is 24.3 Å². The standard InChI is InChI=1S/C13H10Br4N2.C13H12Cl2N2.C12H12N2O6S3/c14-10-6-7-11(13(16)12(10)15)19(17)8-18-9-4-2-1-3-5-9;14-10-6-8(1-3-12(10)16)5-9-2-4-13(17)11(15)7-9;13-7-1-3-9(11(5-7)22(15,16)17)21-10-4-2-8(14)6-12(10)23(18,19)20/h1-7,18H,8H2;1-4,6-7H,5,16-17H2;1-6H,13-14H2,(H,15,16,17)(H,18,19,20). The van der Waals surface area contributed by atoms with Crippen LogP contribution in [0.4, 0.5) is 34.1 Å². The predicted octanol–water partition coefficient (Wildman–Crippen LogP) is 11.4. The lowest BCUT2D eigenvalue weighted by molar-refractivity contribution is 0.479. The second-order valence-electron chi connectivity index (χ2n) is 12.1. The molecule has 6 rings (SSSR count). The fourth-order valence-electron chi connectivity index (χ4n) is 4.84. The SMILES string of the molecule is Brc1ccc(N(Br)CNc2ccccc2)c(Br)c1Br.Nc1ccc(Cc2ccc(N)c(Cl)c2)cc1Cl.Nc1ccc(Sc2ccc(N)cc2S(=O)(=O)O)c(S(=O)(=O)O)c1. The summed E-state index contributed by atoms with van der Waals surface area (Å²) >= 11 is 26.8. The molecule has 0 saturated carbocycles. The Hall–Kier alpha value is -3.21. The molecule has 0 aromatic heterocycles. The Kier molecular flexibility index (Phi) is 17.7. The van der Waals surface area contributed by atoms with E-state index < -0.39 is 30.0 Å². The number of hydrogen-bond acceptors (Lipinski definition) is 11. The molecule has 0 aliphatic rings. The quantitative estimate of drug-likeness (QED) is 0.0223. The summed E-state index contributed by atoms with van der Waals surface area (Å²) in [5.74, 6) is 0. The number of nitrogens with two attached hydrogens (primary N) is 4. The summed E-state index contributed by atoms with van der Waals surface area (Å²) < 4.78 is 69.2. The maximum absolute atomic E-state index is 11.4. The molecule has 0 aliphatic heterocycles. The minimum Gasteiger partial charge on any atom is -0.399 e. The number of nitrogens with zero attached hydrogens (tertiary/aromatic N) is 1. The Morgan fingerprint density at radius 2 is 1.10 bits per heavy atom. The summed E-state index contributed by atoms with van der Waals surface area (Å²) in [7, 11) is -9.14. The first kappa shape index (κ1) is 48.5. The van der Waals surface area contributed by atoms with Crippen molar-refractivity contribution in [1.82, 2.24) is 0 Å². The molecule has 6 aromatic carbocycles. The third kappa shape index (κ3) is 14.5. The van der Waals surface area contributed by atoms with E-state index in [2.05, 4.69) is 69.3 Å². The maximum atomic E-state index is 11.4. The highest BCUT2D eigenvalue weighted by atomic mass is 79.9. The Morgan fingerprint density at radius 1 is 0.627 bits per heavy atom. The lowest BCUT2D eigenvalue weighted by Gasteiger charge is -2.20. The Bertz CT molecular complexity index is 2540. The van der Waals surface area contributed by atoms with Crippen molar-refractivity contribution in [2.75, 3.05) is 38.8 Å². The van der Waals surface area contributed by atoms with Crippen molar-refractivity contribution in [3.63, 3.8) is 0 Å². The Labute approximate surface area is 390 Å². The van der Waals surface area contributed by atoms with Crippen LogP contribution >= 0.6 is 98.9 Å².